The number of halogens is 2. The fraction of sp³-hybridized carbons (Fsp3) is 0.222. The van der Waals surface area contributed by atoms with E-state index in [0.717, 1.165) is 6.07 Å². The summed E-state index contributed by atoms with van der Waals surface area (Å²) in [5.74, 6) is -2.81. The van der Waals surface area contributed by atoms with Crippen LogP contribution in [0.5, 0.6) is 11.5 Å². The van der Waals surface area contributed by atoms with E-state index < -0.39 is 17.5 Å². The van der Waals surface area contributed by atoms with Gasteiger partial charge in [-0.25, -0.2) is 4.39 Å². The Morgan fingerprint density at radius 2 is 2.27 bits per heavy atom. The minimum atomic E-state index is -1.10. The Labute approximate surface area is 93.4 Å². The van der Waals surface area contributed by atoms with Crippen LogP contribution in [0.15, 0.2) is 10.5 Å². The normalized spacial score (nSPS) is 10.1. The lowest BCUT2D eigenvalue weighted by Crippen LogP contribution is -2.04. The molecule has 0 spiro atoms. The second-order valence-electron chi connectivity index (χ2n) is 2.77. The topological polar surface area (TPSA) is 66.8 Å². The van der Waals surface area contributed by atoms with E-state index in [9.17, 15) is 14.3 Å². The van der Waals surface area contributed by atoms with Gasteiger partial charge in [0.05, 0.1) is 13.5 Å². The van der Waals surface area contributed by atoms with Gasteiger partial charge in [0.1, 0.15) is 0 Å². The molecule has 1 aromatic rings. The molecule has 6 heteroatoms. The lowest BCUT2D eigenvalue weighted by Gasteiger charge is -2.11. The molecule has 0 amide bonds. The molecule has 0 bridgehead atoms. The Morgan fingerprint density at radius 3 is 2.73 bits per heavy atom. The van der Waals surface area contributed by atoms with Gasteiger partial charge in [0.2, 0.25) is 0 Å². The number of hydrogen-bond acceptors (Lipinski definition) is 3. The maximum Gasteiger partial charge on any atom is 0.308 e. The van der Waals surface area contributed by atoms with Crippen molar-refractivity contribution in [2.45, 2.75) is 6.42 Å². The van der Waals surface area contributed by atoms with E-state index in [0.29, 0.717) is 0 Å². The maximum absolute atomic E-state index is 13.0. The van der Waals surface area contributed by atoms with Gasteiger partial charge in [-0.1, -0.05) is 15.9 Å². The molecular formula is C9H8BrFO4. The average molecular weight is 279 g/mol. The first-order chi connectivity index (χ1) is 6.97. The van der Waals surface area contributed by atoms with Crippen LogP contribution < -0.4 is 4.74 Å². The highest BCUT2D eigenvalue weighted by molar-refractivity contribution is 9.10. The van der Waals surface area contributed by atoms with Crippen molar-refractivity contribution < 1.29 is 24.1 Å². The second kappa shape index (κ2) is 4.48. The SMILES string of the molecule is COc1c(O)c(F)cc(Br)c1CC(=O)O. The monoisotopic (exact) mass is 278 g/mol. The van der Waals surface area contributed by atoms with Crippen molar-refractivity contribution in [3.63, 3.8) is 0 Å². The number of rotatable bonds is 3. The molecule has 0 atom stereocenters. The van der Waals surface area contributed by atoms with E-state index in [1.54, 1.807) is 0 Å². The van der Waals surface area contributed by atoms with E-state index in [1.807, 2.05) is 0 Å². The van der Waals surface area contributed by atoms with Crippen LogP contribution in [0.1, 0.15) is 5.56 Å². The van der Waals surface area contributed by atoms with Crippen LogP contribution in [0, 0.1) is 5.82 Å². The molecule has 0 saturated carbocycles. The minimum Gasteiger partial charge on any atom is -0.502 e. The van der Waals surface area contributed by atoms with Gasteiger partial charge in [0.25, 0.3) is 0 Å². The summed E-state index contributed by atoms with van der Waals surface area (Å²) < 4.78 is 18.0. The zero-order valence-corrected chi connectivity index (χ0v) is 9.34. The Bertz CT molecular complexity index is 406. The number of aliphatic carboxylic acids is 1. The molecule has 1 rings (SSSR count). The van der Waals surface area contributed by atoms with Crippen molar-refractivity contribution in [2.24, 2.45) is 0 Å². The Hall–Kier alpha value is -1.30. The fourth-order valence-corrected chi connectivity index (χ4v) is 1.68. The summed E-state index contributed by atoms with van der Waals surface area (Å²) in [6.07, 6.45) is -0.363. The summed E-state index contributed by atoms with van der Waals surface area (Å²) in [4.78, 5) is 10.5. The summed E-state index contributed by atoms with van der Waals surface area (Å²) >= 11 is 3.01. The summed E-state index contributed by atoms with van der Waals surface area (Å²) in [7, 11) is 1.23. The van der Waals surface area contributed by atoms with Crippen LogP contribution in [0.25, 0.3) is 0 Å². The molecule has 0 aliphatic rings. The van der Waals surface area contributed by atoms with Gasteiger partial charge < -0.3 is 14.9 Å². The van der Waals surface area contributed by atoms with E-state index in [-0.39, 0.29) is 22.2 Å². The van der Waals surface area contributed by atoms with Crippen molar-refractivity contribution in [1.29, 1.82) is 0 Å². The Morgan fingerprint density at radius 1 is 1.67 bits per heavy atom. The fourth-order valence-electron chi connectivity index (χ4n) is 1.16. The number of carbonyl (C=O) groups is 1. The van der Waals surface area contributed by atoms with Gasteiger partial charge >= 0.3 is 5.97 Å². The van der Waals surface area contributed by atoms with Gasteiger partial charge in [-0.15, -0.1) is 0 Å². The number of carboxylic acid groups (broad SMARTS) is 1. The molecule has 0 aliphatic carbocycles. The molecule has 1 aromatic carbocycles. The molecule has 0 heterocycles. The molecule has 2 N–H and O–H groups in total. The number of benzene rings is 1. The molecule has 0 radical (unpaired) electrons. The molecule has 0 fully saturated rings. The van der Waals surface area contributed by atoms with Crippen molar-refractivity contribution in [3.05, 3.63) is 21.9 Å². The Kier molecular flexibility index (Phi) is 3.52. The zero-order chi connectivity index (χ0) is 11.6. The van der Waals surface area contributed by atoms with Crippen LogP contribution in [0.3, 0.4) is 0 Å². The first-order valence-corrected chi connectivity index (χ1v) is 4.72. The number of aromatic hydroxyl groups is 1. The lowest BCUT2D eigenvalue weighted by molar-refractivity contribution is -0.136. The quantitative estimate of drug-likeness (QED) is 0.887. The van der Waals surface area contributed by atoms with Gasteiger partial charge in [0, 0.05) is 10.0 Å². The van der Waals surface area contributed by atoms with E-state index in [1.165, 1.54) is 7.11 Å². The molecule has 0 saturated heterocycles. The largest absolute Gasteiger partial charge is 0.502 e. The van der Waals surface area contributed by atoms with Crippen molar-refractivity contribution in [2.75, 3.05) is 7.11 Å². The number of methoxy groups -OCH3 is 1. The smallest absolute Gasteiger partial charge is 0.308 e. The molecule has 4 nitrogen and oxygen atoms in total. The third-order valence-electron chi connectivity index (χ3n) is 1.79. The third-order valence-corrected chi connectivity index (χ3v) is 2.50. The summed E-state index contributed by atoms with van der Waals surface area (Å²) in [5, 5.41) is 17.9. The van der Waals surface area contributed by atoms with Gasteiger partial charge in [-0.05, 0) is 6.07 Å². The summed E-state index contributed by atoms with van der Waals surface area (Å²) in [5.41, 5.74) is 0.198. The molecule has 0 unspecified atom stereocenters. The number of ether oxygens (including phenoxy) is 1. The molecular weight excluding hydrogens is 271 g/mol. The van der Waals surface area contributed by atoms with E-state index in [4.69, 9.17) is 9.84 Å². The highest BCUT2D eigenvalue weighted by Crippen LogP contribution is 2.37. The standard InChI is InChI=1S/C9H8BrFO4/c1-15-9-4(2-7(12)13)5(10)3-6(11)8(9)14/h3,14H,2H2,1H3,(H,12,13). The van der Waals surface area contributed by atoms with Crippen LogP contribution in [-0.2, 0) is 11.2 Å². The number of hydrogen-bond donors (Lipinski definition) is 2. The summed E-state index contributed by atoms with van der Waals surface area (Å²) in [6.45, 7) is 0. The highest BCUT2D eigenvalue weighted by Gasteiger charge is 2.19. The molecule has 15 heavy (non-hydrogen) atoms. The first-order valence-electron chi connectivity index (χ1n) is 3.93. The number of phenolic OH excluding ortho intramolecular Hbond substituents is 1. The second-order valence-corrected chi connectivity index (χ2v) is 3.63. The van der Waals surface area contributed by atoms with Crippen LogP contribution in [0.2, 0.25) is 0 Å². The van der Waals surface area contributed by atoms with Crippen molar-refractivity contribution in [3.8, 4) is 11.5 Å². The first kappa shape index (κ1) is 11.8. The average Bonchev–Trinajstić information content (AvgIpc) is 2.14. The number of carboxylic acids is 1. The summed E-state index contributed by atoms with van der Waals surface area (Å²) in [6, 6.07) is 0.996. The van der Waals surface area contributed by atoms with Crippen LogP contribution in [-0.4, -0.2) is 23.3 Å². The van der Waals surface area contributed by atoms with Gasteiger partial charge in [0.15, 0.2) is 17.3 Å². The molecule has 0 aliphatic heterocycles. The van der Waals surface area contributed by atoms with E-state index >= 15 is 0 Å². The van der Waals surface area contributed by atoms with E-state index in [2.05, 4.69) is 15.9 Å². The molecule has 0 aromatic heterocycles. The highest BCUT2D eigenvalue weighted by atomic mass is 79.9. The predicted molar refractivity (Wildman–Crippen MR) is 53.7 cm³/mol. The lowest BCUT2D eigenvalue weighted by atomic mass is 10.1. The van der Waals surface area contributed by atoms with Crippen LogP contribution in [0.4, 0.5) is 4.39 Å². The van der Waals surface area contributed by atoms with Crippen molar-refractivity contribution in [1.82, 2.24) is 0 Å². The Balaban J connectivity index is 3.35. The zero-order valence-electron chi connectivity index (χ0n) is 7.75. The third kappa shape index (κ3) is 2.38. The number of phenols is 1. The van der Waals surface area contributed by atoms with Crippen LogP contribution >= 0.6 is 15.9 Å². The molecule has 82 valence electrons. The van der Waals surface area contributed by atoms with Gasteiger partial charge in [-0.2, -0.15) is 0 Å². The van der Waals surface area contributed by atoms with Gasteiger partial charge in [-0.3, -0.25) is 4.79 Å². The predicted octanol–water partition coefficient (Wildman–Crippen LogP) is 1.93. The van der Waals surface area contributed by atoms with Crippen molar-refractivity contribution >= 4 is 21.9 Å². The maximum atomic E-state index is 13.0. The minimum absolute atomic E-state index is 0.163.